The normalized spacial score (nSPS) is 19.1. The minimum Gasteiger partial charge on any atom is -0.352 e. The number of hydrogen-bond donors (Lipinski definition) is 2. The lowest BCUT2D eigenvalue weighted by molar-refractivity contribution is -0.128. The fourth-order valence-corrected chi connectivity index (χ4v) is 3.50. The van der Waals surface area contributed by atoms with Gasteiger partial charge in [-0.2, -0.15) is 0 Å². The van der Waals surface area contributed by atoms with Crippen LogP contribution in [-0.2, 0) is 16.1 Å². The van der Waals surface area contributed by atoms with Gasteiger partial charge in [0, 0.05) is 18.4 Å². The number of halogens is 2. The van der Waals surface area contributed by atoms with E-state index in [2.05, 4.69) is 10.6 Å². The van der Waals surface area contributed by atoms with E-state index in [0.29, 0.717) is 32.2 Å². The van der Waals surface area contributed by atoms with Crippen LogP contribution in [0.2, 0.25) is 0 Å². The van der Waals surface area contributed by atoms with Crippen molar-refractivity contribution in [2.24, 2.45) is 11.8 Å². The van der Waals surface area contributed by atoms with Gasteiger partial charge in [-0.1, -0.05) is 35.9 Å². The molecule has 0 spiro atoms. The summed E-state index contributed by atoms with van der Waals surface area (Å²) in [7, 11) is 0. The van der Waals surface area contributed by atoms with Crippen LogP contribution < -0.4 is 10.6 Å². The average molecular weight is 386 g/mol. The Bertz CT molecular complexity index is 824. The SMILES string of the molecule is Cc1ccc(CNC(=O)C2CCC(C(=O)Nc3c(F)cccc3F)CC2)cc1. The summed E-state index contributed by atoms with van der Waals surface area (Å²) in [5.41, 5.74) is 1.80. The van der Waals surface area contributed by atoms with Crippen LogP contribution in [0.1, 0.15) is 36.8 Å². The fraction of sp³-hybridized carbons (Fsp3) is 0.364. The molecule has 1 fully saturated rings. The van der Waals surface area contributed by atoms with Gasteiger partial charge < -0.3 is 10.6 Å². The predicted octanol–water partition coefficient (Wildman–Crippen LogP) is 4.33. The molecule has 3 rings (SSSR count). The van der Waals surface area contributed by atoms with Gasteiger partial charge in [0.25, 0.3) is 0 Å². The zero-order valence-corrected chi connectivity index (χ0v) is 15.8. The number of nitrogens with one attached hydrogen (secondary N) is 2. The van der Waals surface area contributed by atoms with Gasteiger partial charge in [0.1, 0.15) is 17.3 Å². The van der Waals surface area contributed by atoms with Gasteiger partial charge in [0.05, 0.1) is 0 Å². The van der Waals surface area contributed by atoms with E-state index in [1.165, 1.54) is 11.6 Å². The lowest BCUT2D eigenvalue weighted by atomic mass is 9.81. The van der Waals surface area contributed by atoms with Crippen molar-refractivity contribution in [3.8, 4) is 0 Å². The smallest absolute Gasteiger partial charge is 0.227 e. The van der Waals surface area contributed by atoms with Gasteiger partial charge in [0.15, 0.2) is 0 Å². The summed E-state index contributed by atoms with van der Waals surface area (Å²) in [4.78, 5) is 24.7. The largest absolute Gasteiger partial charge is 0.352 e. The number of rotatable bonds is 5. The quantitative estimate of drug-likeness (QED) is 0.803. The number of aryl methyl sites for hydroxylation is 1. The lowest BCUT2D eigenvalue weighted by Gasteiger charge is -2.27. The molecule has 4 nitrogen and oxygen atoms in total. The van der Waals surface area contributed by atoms with Crippen LogP contribution in [0, 0.1) is 30.4 Å². The van der Waals surface area contributed by atoms with Crippen LogP contribution >= 0.6 is 0 Å². The first kappa shape index (κ1) is 20.0. The van der Waals surface area contributed by atoms with Crippen LogP contribution in [0.3, 0.4) is 0 Å². The zero-order chi connectivity index (χ0) is 20.1. The maximum Gasteiger partial charge on any atom is 0.227 e. The standard InChI is InChI=1S/C22H24F2N2O2/c1-14-5-7-15(8-6-14)13-25-21(27)16-9-11-17(12-10-16)22(28)26-20-18(23)3-2-4-19(20)24/h2-8,16-17H,9-13H2,1H3,(H,25,27)(H,26,28). The molecule has 0 aromatic heterocycles. The van der Waals surface area contributed by atoms with Gasteiger partial charge in [-0.15, -0.1) is 0 Å². The van der Waals surface area contributed by atoms with Crippen molar-refractivity contribution in [2.45, 2.75) is 39.2 Å². The van der Waals surface area contributed by atoms with Gasteiger partial charge in [0.2, 0.25) is 11.8 Å². The summed E-state index contributed by atoms with van der Waals surface area (Å²) in [6.45, 7) is 2.49. The molecular formula is C22H24F2N2O2. The third-order valence-corrected chi connectivity index (χ3v) is 5.27. The minimum atomic E-state index is -0.794. The van der Waals surface area contributed by atoms with Crippen LogP contribution in [0.15, 0.2) is 42.5 Å². The molecule has 0 saturated heterocycles. The highest BCUT2D eigenvalue weighted by Gasteiger charge is 2.30. The Morgan fingerprint density at radius 3 is 2.00 bits per heavy atom. The van der Waals surface area contributed by atoms with E-state index in [9.17, 15) is 18.4 Å². The van der Waals surface area contributed by atoms with Gasteiger partial charge in [-0.25, -0.2) is 8.78 Å². The number of amides is 2. The topological polar surface area (TPSA) is 58.2 Å². The molecular weight excluding hydrogens is 362 g/mol. The second-order valence-electron chi connectivity index (χ2n) is 7.34. The van der Waals surface area contributed by atoms with Crippen LogP contribution in [-0.4, -0.2) is 11.8 Å². The maximum absolute atomic E-state index is 13.7. The highest BCUT2D eigenvalue weighted by Crippen LogP contribution is 2.30. The summed E-state index contributed by atoms with van der Waals surface area (Å²) < 4.78 is 27.4. The lowest BCUT2D eigenvalue weighted by Crippen LogP contribution is -2.35. The van der Waals surface area contributed by atoms with E-state index in [-0.39, 0.29) is 17.7 Å². The summed E-state index contributed by atoms with van der Waals surface area (Å²) in [5, 5.41) is 5.30. The molecule has 2 amide bonds. The highest BCUT2D eigenvalue weighted by atomic mass is 19.1. The Labute approximate surface area is 163 Å². The number of carbonyl (C=O) groups excluding carboxylic acids is 2. The Morgan fingerprint density at radius 1 is 0.893 bits per heavy atom. The Kier molecular flexibility index (Phi) is 6.39. The molecule has 1 saturated carbocycles. The van der Waals surface area contributed by atoms with Crippen molar-refractivity contribution in [3.05, 3.63) is 65.2 Å². The van der Waals surface area contributed by atoms with Gasteiger partial charge >= 0.3 is 0 Å². The number of hydrogen-bond acceptors (Lipinski definition) is 2. The second-order valence-corrected chi connectivity index (χ2v) is 7.34. The Hall–Kier alpha value is -2.76. The monoisotopic (exact) mass is 386 g/mol. The first-order valence-corrected chi connectivity index (χ1v) is 9.52. The van der Waals surface area contributed by atoms with Gasteiger partial charge in [-0.05, 0) is 50.3 Å². The Morgan fingerprint density at radius 2 is 1.43 bits per heavy atom. The molecule has 0 radical (unpaired) electrons. The maximum atomic E-state index is 13.7. The number of anilines is 1. The molecule has 1 aliphatic carbocycles. The zero-order valence-electron chi connectivity index (χ0n) is 15.8. The van der Waals surface area contributed by atoms with Crippen molar-refractivity contribution in [1.82, 2.24) is 5.32 Å². The van der Waals surface area contributed by atoms with E-state index in [1.54, 1.807) is 0 Å². The molecule has 0 aliphatic heterocycles. The number of para-hydroxylation sites is 1. The molecule has 6 heteroatoms. The number of benzene rings is 2. The number of carbonyl (C=O) groups is 2. The molecule has 2 aromatic rings. The van der Waals surface area contributed by atoms with Crippen LogP contribution in [0.5, 0.6) is 0 Å². The summed E-state index contributed by atoms with van der Waals surface area (Å²) in [6.07, 6.45) is 2.20. The first-order valence-electron chi connectivity index (χ1n) is 9.52. The highest BCUT2D eigenvalue weighted by molar-refractivity contribution is 5.93. The van der Waals surface area contributed by atoms with Crippen molar-refractivity contribution in [2.75, 3.05) is 5.32 Å². The predicted molar refractivity (Wildman–Crippen MR) is 103 cm³/mol. The summed E-state index contributed by atoms with van der Waals surface area (Å²) in [5.74, 6) is -2.49. The van der Waals surface area contributed by atoms with Gasteiger partial charge in [-0.3, -0.25) is 9.59 Å². The van der Waals surface area contributed by atoms with E-state index in [0.717, 1.165) is 17.7 Å². The van der Waals surface area contributed by atoms with Crippen molar-refractivity contribution in [1.29, 1.82) is 0 Å². The molecule has 2 N–H and O–H groups in total. The molecule has 0 atom stereocenters. The van der Waals surface area contributed by atoms with E-state index in [1.807, 2.05) is 31.2 Å². The van der Waals surface area contributed by atoms with Crippen molar-refractivity contribution < 1.29 is 18.4 Å². The molecule has 28 heavy (non-hydrogen) atoms. The molecule has 148 valence electrons. The molecule has 0 unspecified atom stereocenters. The van der Waals surface area contributed by atoms with E-state index < -0.39 is 23.2 Å². The summed E-state index contributed by atoms with van der Waals surface area (Å²) >= 11 is 0. The molecule has 0 heterocycles. The molecule has 1 aliphatic rings. The van der Waals surface area contributed by atoms with Crippen LogP contribution in [0.25, 0.3) is 0 Å². The average Bonchev–Trinajstić information content (AvgIpc) is 2.70. The summed E-state index contributed by atoms with van der Waals surface area (Å²) in [6, 6.07) is 11.4. The molecule has 2 aromatic carbocycles. The van der Waals surface area contributed by atoms with Crippen molar-refractivity contribution in [3.63, 3.8) is 0 Å². The fourth-order valence-electron chi connectivity index (χ4n) is 3.50. The second kappa shape index (κ2) is 8.95. The van der Waals surface area contributed by atoms with E-state index in [4.69, 9.17) is 0 Å². The Balaban J connectivity index is 1.47. The minimum absolute atomic E-state index is 0.0143. The van der Waals surface area contributed by atoms with E-state index >= 15 is 0 Å². The first-order chi connectivity index (χ1) is 13.4. The van der Waals surface area contributed by atoms with Crippen molar-refractivity contribution >= 4 is 17.5 Å². The third-order valence-electron chi connectivity index (χ3n) is 5.27. The van der Waals surface area contributed by atoms with Crippen LogP contribution in [0.4, 0.5) is 14.5 Å². The third kappa shape index (κ3) is 4.94. The molecule has 0 bridgehead atoms.